The molecule has 0 aliphatic heterocycles. The zero-order chi connectivity index (χ0) is 13.3. The molecule has 0 fully saturated rings. The maximum absolute atomic E-state index is 11.1. The maximum Gasteiger partial charge on any atom is 0.354 e. The van der Waals surface area contributed by atoms with E-state index in [9.17, 15) is 9.59 Å². The highest BCUT2D eigenvalue weighted by Gasteiger charge is 2.15. The minimum atomic E-state index is -1.28. The quantitative estimate of drug-likeness (QED) is 0.855. The highest BCUT2D eigenvalue weighted by Crippen LogP contribution is 2.23. The molecule has 1 aromatic carbocycles. The number of methoxy groups -OCH3 is 1. The minimum Gasteiger partial charge on any atom is -0.497 e. The standard InChI is InChI=1S/C12H9NO5/c1-18-6-2-3-7-8(11(14)15)5-10(12(16)17)13-9(7)4-6/h2-5H,1H3,(H,14,15)(H,16,17). The molecule has 6 heteroatoms. The summed E-state index contributed by atoms with van der Waals surface area (Å²) in [4.78, 5) is 25.9. The van der Waals surface area contributed by atoms with Crippen molar-refractivity contribution in [2.45, 2.75) is 0 Å². The zero-order valence-corrected chi connectivity index (χ0v) is 9.38. The van der Waals surface area contributed by atoms with Crippen LogP contribution in [0.4, 0.5) is 0 Å². The molecule has 2 rings (SSSR count). The highest BCUT2D eigenvalue weighted by atomic mass is 16.5. The second kappa shape index (κ2) is 4.33. The lowest BCUT2D eigenvalue weighted by Crippen LogP contribution is -2.06. The van der Waals surface area contributed by atoms with Crippen LogP contribution >= 0.6 is 0 Å². The summed E-state index contributed by atoms with van der Waals surface area (Å²) in [5.41, 5.74) is -0.139. The number of pyridine rings is 1. The SMILES string of the molecule is COc1ccc2c(C(=O)O)cc(C(=O)O)nc2c1. The first-order valence-electron chi connectivity index (χ1n) is 4.98. The predicted molar refractivity (Wildman–Crippen MR) is 62.2 cm³/mol. The van der Waals surface area contributed by atoms with E-state index >= 15 is 0 Å². The summed E-state index contributed by atoms with van der Waals surface area (Å²) in [5, 5.41) is 18.3. The molecule has 6 nitrogen and oxygen atoms in total. The second-order valence-electron chi connectivity index (χ2n) is 3.55. The number of ether oxygens (including phenoxy) is 1. The molecule has 0 saturated carbocycles. The van der Waals surface area contributed by atoms with Crippen molar-refractivity contribution in [3.8, 4) is 5.75 Å². The number of hydrogen-bond donors (Lipinski definition) is 2. The topological polar surface area (TPSA) is 96.7 Å². The first-order chi connectivity index (χ1) is 8.52. The van der Waals surface area contributed by atoms with E-state index in [1.807, 2.05) is 0 Å². The van der Waals surface area contributed by atoms with Crippen molar-refractivity contribution in [1.29, 1.82) is 0 Å². The van der Waals surface area contributed by atoms with Gasteiger partial charge >= 0.3 is 11.9 Å². The smallest absolute Gasteiger partial charge is 0.354 e. The van der Waals surface area contributed by atoms with Gasteiger partial charge in [0.15, 0.2) is 0 Å². The van der Waals surface area contributed by atoms with Crippen molar-refractivity contribution >= 4 is 22.8 Å². The average molecular weight is 247 g/mol. The fourth-order valence-electron chi connectivity index (χ4n) is 1.62. The number of aromatic carboxylic acids is 2. The third-order valence-electron chi connectivity index (χ3n) is 2.47. The largest absolute Gasteiger partial charge is 0.497 e. The Morgan fingerprint density at radius 1 is 1.17 bits per heavy atom. The average Bonchev–Trinajstić information content (AvgIpc) is 2.36. The van der Waals surface area contributed by atoms with Gasteiger partial charge < -0.3 is 14.9 Å². The molecule has 1 heterocycles. The fraction of sp³-hybridized carbons (Fsp3) is 0.0833. The van der Waals surface area contributed by atoms with Crippen LogP contribution in [0, 0.1) is 0 Å². The molecule has 0 saturated heterocycles. The zero-order valence-electron chi connectivity index (χ0n) is 9.38. The lowest BCUT2D eigenvalue weighted by atomic mass is 10.1. The molecular weight excluding hydrogens is 238 g/mol. The summed E-state index contributed by atoms with van der Waals surface area (Å²) < 4.78 is 4.99. The number of aromatic nitrogens is 1. The van der Waals surface area contributed by atoms with Crippen molar-refractivity contribution in [1.82, 2.24) is 4.98 Å². The van der Waals surface area contributed by atoms with E-state index in [0.29, 0.717) is 11.1 Å². The van der Waals surface area contributed by atoms with Gasteiger partial charge in [-0.05, 0) is 18.2 Å². The van der Waals surface area contributed by atoms with Crippen LogP contribution in [-0.4, -0.2) is 34.2 Å². The van der Waals surface area contributed by atoms with Crippen LogP contribution < -0.4 is 4.74 Å². The molecule has 0 aliphatic rings. The number of carboxylic acid groups (broad SMARTS) is 2. The Balaban J connectivity index is 2.80. The molecule has 92 valence electrons. The predicted octanol–water partition coefficient (Wildman–Crippen LogP) is 1.64. The van der Waals surface area contributed by atoms with Crippen LogP contribution in [-0.2, 0) is 0 Å². The number of hydrogen-bond acceptors (Lipinski definition) is 4. The number of carboxylic acids is 2. The number of fused-ring (bicyclic) bond motifs is 1. The Labute approximate surface area is 101 Å². The van der Waals surface area contributed by atoms with Gasteiger partial charge in [0.05, 0.1) is 18.2 Å². The monoisotopic (exact) mass is 247 g/mol. The van der Waals surface area contributed by atoms with E-state index in [1.165, 1.54) is 19.2 Å². The maximum atomic E-state index is 11.1. The van der Waals surface area contributed by atoms with Gasteiger partial charge in [0.1, 0.15) is 11.4 Å². The Morgan fingerprint density at radius 3 is 2.44 bits per heavy atom. The van der Waals surface area contributed by atoms with Crippen molar-refractivity contribution in [2.75, 3.05) is 7.11 Å². The van der Waals surface area contributed by atoms with E-state index in [4.69, 9.17) is 14.9 Å². The van der Waals surface area contributed by atoms with Crippen LogP contribution in [0.3, 0.4) is 0 Å². The Kier molecular flexibility index (Phi) is 2.85. The number of nitrogens with zero attached hydrogens (tertiary/aromatic N) is 1. The van der Waals surface area contributed by atoms with Crippen LogP contribution in [0.25, 0.3) is 10.9 Å². The molecule has 18 heavy (non-hydrogen) atoms. The van der Waals surface area contributed by atoms with Gasteiger partial charge in [-0.15, -0.1) is 0 Å². The molecule has 0 aliphatic carbocycles. The van der Waals surface area contributed by atoms with E-state index in [-0.39, 0.29) is 16.8 Å². The van der Waals surface area contributed by atoms with E-state index in [0.717, 1.165) is 6.07 Å². The van der Waals surface area contributed by atoms with Gasteiger partial charge in [-0.3, -0.25) is 0 Å². The van der Waals surface area contributed by atoms with Crippen molar-refractivity contribution < 1.29 is 24.5 Å². The summed E-state index contributed by atoms with van der Waals surface area (Å²) in [7, 11) is 1.46. The van der Waals surface area contributed by atoms with E-state index in [1.54, 1.807) is 6.07 Å². The van der Waals surface area contributed by atoms with Crippen molar-refractivity contribution in [2.24, 2.45) is 0 Å². The number of benzene rings is 1. The summed E-state index contributed by atoms with van der Waals surface area (Å²) in [6.07, 6.45) is 0. The summed E-state index contributed by atoms with van der Waals surface area (Å²) >= 11 is 0. The van der Waals surface area contributed by atoms with Gasteiger partial charge in [0, 0.05) is 11.5 Å². The first kappa shape index (κ1) is 11.8. The van der Waals surface area contributed by atoms with Crippen molar-refractivity contribution in [3.05, 3.63) is 35.5 Å². The summed E-state index contributed by atoms with van der Waals surface area (Å²) in [6.45, 7) is 0. The first-order valence-corrected chi connectivity index (χ1v) is 4.98. The van der Waals surface area contributed by atoms with Crippen LogP contribution in [0.2, 0.25) is 0 Å². The molecule has 0 spiro atoms. The van der Waals surface area contributed by atoms with Gasteiger partial charge in [0.25, 0.3) is 0 Å². The van der Waals surface area contributed by atoms with Crippen molar-refractivity contribution in [3.63, 3.8) is 0 Å². The lowest BCUT2D eigenvalue weighted by Gasteiger charge is -2.06. The molecule has 0 amide bonds. The molecule has 0 unspecified atom stereocenters. The number of carbonyl (C=O) groups is 2. The summed E-state index contributed by atoms with van der Waals surface area (Å²) in [5.74, 6) is -1.99. The lowest BCUT2D eigenvalue weighted by molar-refractivity contribution is 0.0691. The second-order valence-corrected chi connectivity index (χ2v) is 3.55. The normalized spacial score (nSPS) is 10.3. The van der Waals surface area contributed by atoms with Crippen LogP contribution in [0.15, 0.2) is 24.3 Å². The molecular formula is C12H9NO5. The Hall–Kier alpha value is -2.63. The van der Waals surface area contributed by atoms with E-state index in [2.05, 4.69) is 4.98 Å². The van der Waals surface area contributed by atoms with Crippen LogP contribution in [0.5, 0.6) is 5.75 Å². The molecule has 2 N–H and O–H groups in total. The Morgan fingerprint density at radius 2 is 1.89 bits per heavy atom. The van der Waals surface area contributed by atoms with Crippen LogP contribution in [0.1, 0.15) is 20.8 Å². The molecule has 0 bridgehead atoms. The van der Waals surface area contributed by atoms with Gasteiger partial charge in [0.2, 0.25) is 0 Å². The molecule has 0 atom stereocenters. The molecule has 0 radical (unpaired) electrons. The van der Waals surface area contributed by atoms with E-state index < -0.39 is 11.9 Å². The fourth-order valence-corrected chi connectivity index (χ4v) is 1.62. The van der Waals surface area contributed by atoms with Gasteiger partial charge in [-0.25, -0.2) is 14.6 Å². The Bertz CT molecular complexity index is 650. The number of rotatable bonds is 3. The molecule has 1 aromatic heterocycles. The van der Waals surface area contributed by atoms with Gasteiger partial charge in [-0.1, -0.05) is 0 Å². The third kappa shape index (κ3) is 1.95. The minimum absolute atomic E-state index is 0.0972. The van der Waals surface area contributed by atoms with Gasteiger partial charge in [-0.2, -0.15) is 0 Å². The summed E-state index contributed by atoms with van der Waals surface area (Å²) in [6, 6.07) is 5.67. The highest BCUT2D eigenvalue weighted by molar-refractivity contribution is 6.05. The molecule has 2 aromatic rings. The third-order valence-corrected chi connectivity index (χ3v) is 2.47.